The van der Waals surface area contributed by atoms with Crippen molar-refractivity contribution in [2.45, 2.75) is 23.9 Å². The number of phosphoric ester groups is 1. The van der Waals surface area contributed by atoms with E-state index < -0.39 is 38.3 Å². The zero-order valence-electron chi connectivity index (χ0n) is 12.1. The zero-order valence-corrected chi connectivity index (χ0v) is 13.0. The first kappa shape index (κ1) is 15.8. The quantitative estimate of drug-likeness (QED) is 0.405. The van der Waals surface area contributed by atoms with Crippen LogP contribution in [-0.4, -0.2) is 65.9 Å². The Morgan fingerprint density at radius 3 is 3.00 bits per heavy atom. The van der Waals surface area contributed by atoms with Crippen molar-refractivity contribution in [3.8, 4) is 0 Å². The molecule has 2 bridgehead atoms. The van der Waals surface area contributed by atoms with Gasteiger partial charge in [0.1, 0.15) is 41.6 Å². The van der Waals surface area contributed by atoms with Crippen molar-refractivity contribution in [1.29, 1.82) is 0 Å². The number of H-pyrrole nitrogens is 1. The van der Waals surface area contributed by atoms with E-state index in [-0.39, 0.29) is 12.4 Å². The third kappa shape index (κ3) is 2.40. The highest BCUT2D eigenvalue weighted by Gasteiger charge is 2.62. The standard InChI is InChI=1S/C11H14N5O7P/c12-8-4-9(14-3-13-8)16-10(15-4)6-5-7(17)11(23-6,1-21-5)2-22-24(18,19)20/h3,5-7,17H,1-2H2,(H2,18,19,20)(H3,12,13,14,15,16)/t5-,6+,7+,11-/m1/s1. The van der Waals surface area contributed by atoms with Crippen LogP contribution in [0, 0.1) is 0 Å². The first-order valence-corrected chi connectivity index (χ1v) is 8.46. The van der Waals surface area contributed by atoms with Gasteiger partial charge in [-0.25, -0.2) is 19.5 Å². The molecule has 4 atom stereocenters. The second kappa shape index (κ2) is 5.17. The monoisotopic (exact) mass is 359 g/mol. The predicted octanol–water partition coefficient (Wildman–Crippen LogP) is -1.39. The summed E-state index contributed by atoms with van der Waals surface area (Å²) >= 11 is 0. The van der Waals surface area contributed by atoms with Crippen LogP contribution in [0.3, 0.4) is 0 Å². The van der Waals surface area contributed by atoms with Crippen molar-refractivity contribution in [3.63, 3.8) is 0 Å². The number of ether oxygens (including phenoxy) is 2. The molecule has 2 fully saturated rings. The minimum Gasteiger partial charge on any atom is -0.387 e. The molecule has 0 aromatic carbocycles. The van der Waals surface area contributed by atoms with E-state index in [0.29, 0.717) is 17.0 Å². The van der Waals surface area contributed by atoms with Gasteiger partial charge in [0.05, 0.1) is 13.2 Å². The zero-order chi connectivity index (χ0) is 17.1. The summed E-state index contributed by atoms with van der Waals surface area (Å²) in [5, 5.41) is 10.4. The van der Waals surface area contributed by atoms with Gasteiger partial charge in [0.25, 0.3) is 0 Å². The van der Waals surface area contributed by atoms with E-state index in [0.717, 1.165) is 0 Å². The molecule has 0 radical (unpaired) electrons. The van der Waals surface area contributed by atoms with Crippen molar-refractivity contribution >= 4 is 24.8 Å². The molecule has 4 rings (SSSR count). The Bertz CT molecular complexity index is 839. The molecule has 0 unspecified atom stereocenters. The number of nitrogen functional groups attached to an aromatic ring is 1. The van der Waals surface area contributed by atoms with Gasteiger partial charge in [-0.15, -0.1) is 0 Å². The maximum atomic E-state index is 10.9. The van der Waals surface area contributed by atoms with Gasteiger partial charge in [-0.1, -0.05) is 0 Å². The Hall–Kier alpha value is -1.66. The highest BCUT2D eigenvalue weighted by molar-refractivity contribution is 7.46. The van der Waals surface area contributed by atoms with Crippen LogP contribution in [0.2, 0.25) is 0 Å². The predicted molar refractivity (Wildman–Crippen MR) is 76.4 cm³/mol. The second-order valence-corrected chi connectivity index (χ2v) is 6.91. The van der Waals surface area contributed by atoms with Gasteiger partial charge in [0.15, 0.2) is 11.5 Å². The molecule has 0 aliphatic carbocycles. The first-order valence-electron chi connectivity index (χ1n) is 6.93. The van der Waals surface area contributed by atoms with Crippen molar-refractivity contribution in [2.24, 2.45) is 0 Å². The number of aliphatic hydroxyl groups excluding tert-OH is 1. The normalized spacial score (nSPS) is 32.7. The number of nitrogens with two attached hydrogens (primary N) is 1. The molecule has 4 heterocycles. The average Bonchev–Trinajstić information content (AvgIpc) is 3.16. The lowest BCUT2D eigenvalue weighted by atomic mass is 10.00. The molecule has 2 aliphatic heterocycles. The molecule has 12 nitrogen and oxygen atoms in total. The Labute approximate surface area is 134 Å². The van der Waals surface area contributed by atoms with Crippen LogP contribution in [-0.2, 0) is 18.6 Å². The summed E-state index contributed by atoms with van der Waals surface area (Å²) in [6, 6.07) is 0. The Balaban J connectivity index is 1.63. The van der Waals surface area contributed by atoms with Crippen LogP contribution >= 0.6 is 7.82 Å². The SMILES string of the molecule is Nc1ncnc2nc([C@H]3O[C@@]4(COP(=O)(O)O)CO[C@H]3[C@@H]4O)[nH]c12. The fourth-order valence-corrected chi connectivity index (χ4v) is 3.34. The molecular formula is C11H14N5O7P. The number of nitrogens with zero attached hydrogens (tertiary/aromatic N) is 3. The van der Waals surface area contributed by atoms with Crippen molar-refractivity contribution < 1.29 is 33.5 Å². The van der Waals surface area contributed by atoms with Gasteiger partial charge in [0, 0.05) is 0 Å². The molecule has 6 N–H and O–H groups in total. The Morgan fingerprint density at radius 1 is 1.50 bits per heavy atom. The van der Waals surface area contributed by atoms with E-state index in [9.17, 15) is 9.67 Å². The molecular weight excluding hydrogens is 345 g/mol. The van der Waals surface area contributed by atoms with Gasteiger partial charge in [-0.2, -0.15) is 0 Å². The fraction of sp³-hybridized carbons (Fsp3) is 0.545. The maximum Gasteiger partial charge on any atom is 0.469 e. The number of anilines is 1. The van der Waals surface area contributed by atoms with Crippen LogP contribution in [0.5, 0.6) is 0 Å². The second-order valence-electron chi connectivity index (χ2n) is 5.67. The summed E-state index contributed by atoms with van der Waals surface area (Å²) in [6.07, 6.45) is -1.42. The van der Waals surface area contributed by atoms with E-state index in [1.165, 1.54) is 6.33 Å². The van der Waals surface area contributed by atoms with Crippen LogP contribution < -0.4 is 5.73 Å². The lowest BCUT2D eigenvalue weighted by Gasteiger charge is -2.29. The number of fused-ring (bicyclic) bond motifs is 3. The number of aromatic nitrogens is 4. The summed E-state index contributed by atoms with van der Waals surface area (Å²) in [4.78, 5) is 32.7. The van der Waals surface area contributed by atoms with E-state index in [2.05, 4.69) is 24.5 Å². The van der Waals surface area contributed by atoms with Crippen molar-refractivity contribution in [2.75, 3.05) is 18.9 Å². The number of aliphatic hydroxyl groups is 1. The number of nitrogens with one attached hydrogen (secondary N) is 1. The lowest BCUT2D eigenvalue weighted by molar-refractivity contribution is -0.163. The summed E-state index contributed by atoms with van der Waals surface area (Å²) in [5.41, 5.74) is 5.12. The number of imidazole rings is 1. The highest BCUT2D eigenvalue weighted by Crippen LogP contribution is 2.49. The number of phosphoric acid groups is 1. The molecule has 0 spiro atoms. The third-order valence-corrected chi connectivity index (χ3v) is 4.58. The van der Waals surface area contributed by atoms with Gasteiger partial charge in [-0.3, -0.25) is 4.52 Å². The van der Waals surface area contributed by atoms with Crippen LogP contribution in [0.25, 0.3) is 11.2 Å². The van der Waals surface area contributed by atoms with E-state index in [4.69, 9.17) is 25.0 Å². The molecule has 0 amide bonds. The molecule has 2 aliphatic rings. The minimum atomic E-state index is -4.71. The first-order chi connectivity index (χ1) is 11.3. The van der Waals surface area contributed by atoms with E-state index in [1.54, 1.807) is 0 Å². The van der Waals surface area contributed by atoms with Crippen molar-refractivity contribution in [3.05, 3.63) is 12.2 Å². The molecule has 0 saturated carbocycles. The highest BCUT2D eigenvalue weighted by atomic mass is 31.2. The Morgan fingerprint density at radius 2 is 2.29 bits per heavy atom. The number of hydrogen-bond acceptors (Lipinski definition) is 9. The van der Waals surface area contributed by atoms with Crippen molar-refractivity contribution in [1.82, 2.24) is 19.9 Å². The summed E-state index contributed by atoms with van der Waals surface area (Å²) in [6.45, 7) is -0.578. The van der Waals surface area contributed by atoms with Crippen LogP contribution in [0.1, 0.15) is 11.9 Å². The Kier molecular flexibility index (Phi) is 3.41. The third-order valence-electron chi connectivity index (χ3n) is 4.11. The lowest BCUT2D eigenvalue weighted by Crippen LogP contribution is -2.44. The van der Waals surface area contributed by atoms with Crippen LogP contribution in [0.15, 0.2) is 6.33 Å². The average molecular weight is 359 g/mol. The molecule has 2 saturated heterocycles. The number of rotatable bonds is 4. The molecule has 24 heavy (non-hydrogen) atoms. The summed E-state index contributed by atoms with van der Waals surface area (Å²) in [5.74, 6) is 0.530. The number of hydrogen-bond donors (Lipinski definition) is 5. The number of aromatic amines is 1. The van der Waals surface area contributed by atoms with Gasteiger partial charge >= 0.3 is 7.82 Å². The topological polar surface area (TPSA) is 186 Å². The summed E-state index contributed by atoms with van der Waals surface area (Å²) < 4.78 is 26.7. The summed E-state index contributed by atoms with van der Waals surface area (Å²) in [7, 11) is -4.71. The largest absolute Gasteiger partial charge is 0.469 e. The van der Waals surface area contributed by atoms with E-state index >= 15 is 0 Å². The van der Waals surface area contributed by atoms with Gasteiger partial charge in [-0.05, 0) is 0 Å². The van der Waals surface area contributed by atoms with Gasteiger partial charge in [0.2, 0.25) is 0 Å². The molecule has 2 aromatic heterocycles. The van der Waals surface area contributed by atoms with Gasteiger partial charge < -0.3 is 35.1 Å². The minimum absolute atomic E-state index is 0.0580. The molecule has 130 valence electrons. The molecule has 13 heteroatoms. The molecule has 2 aromatic rings. The van der Waals surface area contributed by atoms with E-state index in [1.807, 2.05) is 0 Å². The van der Waals surface area contributed by atoms with Crippen LogP contribution in [0.4, 0.5) is 5.82 Å². The fourth-order valence-electron chi connectivity index (χ4n) is 2.95. The maximum absolute atomic E-state index is 10.9. The smallest absolute Gasteiger partial charge is 0.387 e.